The van der Waals surface area contributed by atoms with Gasteiger partial charge < -0.3 is 10.8 Å². The van der Waals surface area contributed by atoms with Gasteiger partial charge in [-0.05, 0) is 24.6 Å². The summed E-state index contributed by atoms with van der Waals surface area (Å²) in [5, 5.41) is 8.91. The van der Waals surface area contributed by atoms with E-state index in [0.29, 0.717) is 0 Å². The maximum absolute atomic E-state index is 11.9. The lowest BCUT2D eigenvalue weighted by atomic mass is 10.1. The molecule has 0 spiro atoms. The molecule has 0 aliphatic rings. The number of benzene rings is 1. The summed E-state index contributed by atoms with van der Waals surface area (Å²) in [6, 6.07) is 4.00. The maximum atomic E-state index is 11.9. The maximum Gasteiger partial charge on any atom is 0.335 e. The highest BCUT2D eigenvalue weighted by atomic mass is 32.2. The molecular formula is C11H13NO5S. The number of carboxylic acids is 1. The van der Waals surface area contributed by atoms with Gasteiger partial charge in [-0.3, -0.25) is 4.79 Å². The predicted molar refractivity (Wildman–Crippen MR) is 64.0 cm³/mol. The molecule has 0 radical (unpaired) electrons. The molecule has 0 saturated carbocycles. The molecule has 0 saturated heterocycles. The number of carbonyl (C=O) groups excluding carboxylic acids is 1. The van der Waals surface area contributed by atoms with Crippen molar-refractivity contribution in [3.63, 3.8) is 0 Å². The molecule has 7 heteroatoms. The fourth-order valence-corrected chi connectivity index (χ4v) is 3.08. The minimum atomic E-state index is -3.71. The molecular weight excluding hydrogens is 258 g/mol. The first-order chi connectivity index (χ1) is 8.25. The summed E-state index contributed by atoms with van der Waals surface area (Å²) >= 11 is 0. The topological polar surface area (TPSA) is 115 Å². The van der Waals surface area contributed by atoms with Crippen LogP contribution in [-0.4, -0.2) is 31.2 Å². The standard InChI is InChI=1S/C11H13NO5S/c1-7-8(11(14)15)3-2-4-9(7)18(16,17)6-5-10(12)13/h2-4H,5-6H2,1H3,(H2,12,13)(H,14,15). The van der Waals surface area contributed by atoms with Crippen molar-refractivity contribution in [2.24, 2.45) is 5.73 Å². The second kappa shape index (κ2) is 5.18. The number of nitrogens with two attached hydrogens (primary N) is 1. The summed E-state index contributed by atoms with van der Waals surface area (Å²) in [5.74, 6) is -2.34. The van der Waals surface area contributed by atoms with Crippen molar-refractivity contribution < 1.29 is 23.1 Å². The number of sulfone groups is 1. The van der Waals surface area contributed by atoms with E-state index in [4.69, 9.17) is 10.8 Å². The van der Waals surface area contributed by atoms with Gasteiger partial charge in [0.15, 0.2) is 9.84 Å². The molecule has 0 fully saturated rings. The van der Waals surface area contributed by atoms with Crippen LogP contribution < -0.4 is 5.73 Å². The predicted octanol–water partition coefficient (Wildman–Crippen LogP) is 0.342. The number of hydrogen-bond donors (Lipinski definition) is 2. The SMILES string of the molecule is Cc1c(C(=O)O)cccc1S(=O)(=O)CCC(N)=O. The third-order valence-electron chi connectivity index (χ3n) is 2.47. The molecule has 0 heterocycles. The number of carboxylic acid groups (broad SMARTS) is 1. The van der Waals surface area contributed by atoms with Crippen LogP contribution >= 0.6 is 0 Å². The van der Waals surface area contributed by atoms with Crippen LogP contribution in [0.1, 0.15) is 22.3 Å². The van der Waals surface area contributed by atoms with Gasteiger partial charge in [0.25, 0.3) is 0 Å². The summed E-state index contributed by atoms with van der Waals surface area (Å²) in [7, 11) is -3.71. The molecule has 3 N–H and O–H groups in total. The van der Waals surface area contributed by atoms with E-state index >= 15 is 0 Å². The number of hydrogen-bond acceptors (Lipinski definition) is 4. The van der Waals surface area contributed by atoms with Crippen LogP contribution in [0.5, 0.6) is 0 Å². The highest BCUT2D eigenvalue weighted by Gasteiger charge is 2.21. The van der Waals surface area contributed by atoms with E-state index in [1.807, 2.05) is 0 Å². The number of aromatic carboxylic acids is 1. The Hall–Kier alpha value is -1.89. The van der Waals surface area contributed by atoms with Crippen molar-refractivity contribution in [1.29, 1.82) is 0 Å². The lowest BCUT2D eigenvalue weighted by Gasteiger charge is -2.09. The van der Waals surface area contributed by atoms with Gasteiger partial charge in [0.05, 0.1) is 16.2 Å². The number of rotatable bonds is 5. The van der Waals surface area contributed by atoms with Gasteiger partial charge in [-0.15, -0.1) is 0 Å². The van der Waals surface area contributed by atoms with E-state index in [1.165, 1.54) is 25.1 Å². The van der Waals surface area contributed by atoms with Crippen LogP contribution in [0.25, 0.3) is 0 Å². The van der Waals surface area contributed by atoms with E-state index in [-0.39, 0.29) is 22.4 Å². The zero-order valence-electron chi connectivity index (χ0n) is 9.71. The second-order valence-electron chi connectivity index (χ2n) is 3.77. The average molecular weight is 271 g/mol. The highest BCUT2D eigenvalue weighted by Crippen LogP contribution is 2.20. The van der Waals surface area contributed by atoms with E-state index in [0.717, 1.165) is 0 Å². The Labute approximate surface area is 104 Å². The molecule has 0 unspecified atom stereocenters. The van der Waals surface area contributed by atoms with Crippen LogP contribution in [-0.2, 0) is 14.6 Å². The van der Waals surface area contributed by atoms with Crippen LogP contribution in [0, 0.1) is 6.92 Å². The third kappa shape index (κ3) is 3.07. The number of carbonyl (C=O) groups is 2. The average Bonchev–Trinajstić information content (AvgIpc) is 2.26. The van der Waals surface area contributed by atoms with Crippen LogP contribution in [0.3, 0.4) is 0 Å². The fraction of sp³-hybridized carbons (Fsp3) is 0.273. The van der Waals surface area contributed by atoms with Crippen molar-refractivity contribution in [2.45, 2.75) is 18.2 Å². The molecule has 98 valence electrons. The van der Waals surface area contributed by atoms with Crippen molar-refractivity contribution in [2.75, 3.05) is 5.75 Å². The Balaban J connectivity index is 3.21. The molecule has 0 atom stereocenters. The molecule has 1 amide bonds. The van der Waals surface area contributed by atoms with Crippen molar-refractivity contribution in [1.82, 2.24) is 0 Å². The molecule has 1 rings (SSSR count). The van der Waals surface area contributed by atoms with E-state index in [9.17, 15) is 18.0 Å². The van der Waals surface area contributed by atoms with Gasteiger partial charge in [-0.25, -0.2) is 13.2 Å². The monoisotopic (exact) mass is 271 g/mol. The van der Waals surface area contributed by atoms with Crippen molar-refractivity contribution in [3.05, 3.63) is 29.3 Å². The van der Waals surface area contributed by atoms with E-state index in [1.54, 1.807) is 0 Å². The Kier molecular flexibility index (Phi) is 4.07. The normalized spacial score (nSPS) is 11.2. The van der Waals surface area contributed by atoms with Gasteiger partial charge in [0, 0.05) is 6.42 Å². The van der Waals surface area contributed by atoms with Gasteiger partial charge >= 0.3 is 5.97 Å². The first-order valence-corrected chi connectivity index (χ1v) is 6.75. The van der Waals surface area contributed by atoms with Gasteiger partial charge in [0.2, 0.25) is 5.91 Å². The molecule has 1 aromatic carbocycles. The smallest absolute Gasteiger partial charge is 0.335 e. The Morgan fingerprint density at radius 3 is 2.44 bits per heavy atom. The van der Waals surface area contributed by atoms with Crippen molar-refractivity contribution in [3.8, 4) is 0 Å². The Morgan fingerprint density at radius 1 is 1.33 bits per heavy atom. The quantitative estimate of drug-likeness (QED) is 0.801. The zero-order chi connectivity index (χ0) is 13.9. The van der Waals surface area contributed by atoms with Crippen LogP contribution in [0.2, 0.25) is 0 Å². The first kappa shape index (κ1) is 14.2. The fourth-order valence-electron chi connectivity index (χ4n) is 1.53. The lowest BCUT2D eigenvalue weighted by molar-refractivity contribution is -0.117. The first-order valence-electron chi connectivity index (χ1n) is 5.09. The lowest BCUT2D eigenvalue weighted by Crippen LogP contribution is -2.18. The zero-order valence-corrected chi connectivity index (χ0v) is 10.5. The van der Waals surface area contributed by atoms with Crippen LogP contribution in [0.15, 0.2) is 23.1 Å². The Bertz CT molecular complexity index is 591. The van der Waals surface area contributed by atoms with Gasteiger partial charge in [0.1, 0.15) is 0 Å². The minimum Gasteiger partial charge on any atom is -0.478 e. The largest absolute Gasteiger partial charge is 0.478 e. The molecule has 0 aromatic heterocycles. The van der Waals surface area contributed by atoms with E-state index < -0.39 is 27.5 Å². The summed E-state index contributed by atoms with van der Waals surface area (Å²) in [4.78, 5) is 21.4. The van der Waals surface area contributed by atoms with Crippen molar-refractivity contribution >= 4 is 21.7 Å². The highest BCUT2D eigenvalue weighted by molar-refractivity contribution is 7.91. The van der Waals surface area contributed by atoms with E-state index in [2.05, 4.69) is 0 Å². The molecule has 6 nitrogen and oxygen atoms in total. The molecule has 0 aliphatic carbocycles. The summed E-state index contributed by atoms with van der Waals surface area (Å²) in [6.07, 6.45) is -0.293. The van der Waals surface area contributed by atoms with Gasteiger partial charge in [-0.2, -0.15) is 0 Å². The second-order valence-corrected chi connectivity index (χ2v) is 5.85. The molecule has 0 bridgehead atoms. The Morgan fingerprint density at radius 2 is 1.94 bits per heavy atom. The molecule has 1 aromatic rings. The number of primary amides is 1. The summed E-state index contributed by atoms with van der Waals surface area (Å²) in [6.45, 7) is 1.42. The number of amides is 1. The summed E-state index contributed by atoms with van der Waals surface area (Å²) < 4.78 is 23.9. The summed E-state index contributed by atoms with van der Waals surface area (Å²) in [5.41, 5.74) is 4.98. The van der Waals surface area contributed by atoms with Gasteiger partial charge in [-0.1, -0.05) is 6.07 Å². The minimum absolute atomic E-state index is 0.0739. The van der Waals surface area contributed by atoms with Crippen LogP contribution in [0.4, 0.5) is 0 Å². The molecule has 18 heavy (non-hydrogen) atoms. The molecule has 0 aliphatic heterocycles. The third-order valence-corrected chi connectivity index (χ3v) is 4.32.